The van der Waals surface area contributed by atoms with E-state index in [-0.39, 0.29) is 0 Å². The summed E-state index contributed by atoms with van der Waals surface area (Å²) >= 11 is 6.28. The Kier molecular flexibility index (Phi) is 4.83. The number of anilines is 2. The number of aliphatic hydroxyl groups is 1. The Morgan fingerprint density at radius 3 is 2.52 bits per heavy atom. The first-order chi connectivity index (χ1) is 10.0. The van der Waals surface area contributed by atoms with Gasteiger partial charge in [-0.1, -0.05) is 35.9 Å². The third kappa shape index (κ3) is 3.35. The standard InChI is InChI=1S/C16H16ClNO3/c1-10(19)11-7-5-9-14(15(11)17)18-13-8-4-3-6-12(13)16(20)21-2/h3-10,18-19H,1-2H3. The smallest absolute Gasteiger partial charge is 0.339 e. The molecule has 0 aliphatic carbocycles. The van der Waals surface area contributed by atoms with Gasteiger partial charge in [0, 0.05) is 5.56 Å². The molecule has 2 aromatic carbocycles. The van der Waals surface area contributed by atoms with Gasteiger partial charge in [0.1, 0.15) is 0 Å². The first-order valence-electron chi connectivity index (χ1n) is 6.45. The third-order valence-corrected chi connectivity index (χ3v) is 3.50. The number of aliphatic hydroxyl groups excluding tert-OH is 1. The molecule has 21 heavy (non-hydrogen) atoms. The number of ether oxygens (including phenoxy) is 1. The molecule has 0 fully saturated rings. The monoisotopic (exact) mass is 305 g/mol. The van der Waals surface area contributed by atoms with Crippen LogP contribution in [0.2, 0.25) is 5.02 Å². The summed E-state index contributed by atoms with van der Waals surface area (Å²) in [5.74, 6) is -0.430. The number of esters is 1. The van der Waals surface area contributed by atoms with Gasteiger partial charge in [-0.2, -0.15) is 0 Å². The lowest BCUT2D eigenvalue weighted by atomic mass is 10.1. The van der Waals surface area contributed by atoms with Crippen molar-refractivity contribution in [2.75, 3.05) is 12.4 Å². The number of methoxy groups -OCH3 is 1. The second kappa shape index (κ2) is 6.61. The number of nitrogens with one attached hydrogen (secondary N) is 1. The van der Waals surface area contributed by atoms with Crippen molar-refractivity contribution in [3.63, 3.8) is 0 Å². The Labute approximate surface area is 128 Å². The fourth-order valence-corrected chi connectivity index (χ4v) is 2.33. The zero-order valence-corrected chi connectivity index (χ0v) is 12.5. The van der Waals surface area contributed by atoms with Crippen LogP contribution in [0.1, 0.15) is 28.9 Å². The van der Waals surface area contributed by atoms with Crippen LogP contribution in [0.3, 0.4) is 0 Å². The average Bonchev–Trinajstić information content (AvgIpc) is 2.49. The van der Waals surface area contributed by atoms with Crippen LogP contribution in [0.5, 0.6) is 0 Å². The fraction of sp³-hybridized carbons (Fsp3) is 0.188. The summed E-state index contributed by atoms with van der Waals surface area (Å²) in [6.07, 6.45) is -0.671. The second-order valence-electron chi connectivity index (χ2n) is 4.55. The maximum absolute atomic E-state index is 11.7. The summed E-state index contributed by atoms with van der Waals surface area (Å²) in [5.41, 5.74) is 2.25. The molecule has 0 saturated heterocycles. The Balaban J connectivity index is 2.40. The zero-order chi connectivity index (χ0) is 15.4. The average molecular weight is 306 g/mol. The van der Waals surface area contributed by atoms with Crippen LogP contribution in [0.15, 0.2) is 42.5 Å². The summed E-state index contributed by atoms with van der Waals surface area (Å²) in [4.78, 5) is 11.7. The molecule has 1 atom stereocenters. The molecular weight excluding hydrogens is 290 g/mol. The van der Waals surface area contributed by atoms with Crippen LogP contribution in [0.25, 0.3) is 0 Å². The molecule has 5 heteroatoms. The summed E-state index contributed by atoms with van der Waals surface area (Å²) in [7, 11) is 1.33. The van der Waals surface area contributed by atoms with Gasteiger partial charge in [-0.05, 0) is 25.1 Å². The van der Waals surface area contributed by atoms with Crippen LogP contribution in [-0.2, 0) is 4.74 Å². The topological polar surface area (TPSA) is 58.6 Å². The van der Waals surface area contributed by atoms with Crippen LogP contribution < -0.4 is 5.32 Å². The number of carbonyl (C=O) groups is 1. The molecule has 0 aliphatic heterocycles. The molecule has 0 bridgehead atoms. The first-order valence-corrected chi connectivity index (χ1v) is 6.83. The number of benzene rings is 2. The van der Waals surface area contributed by atoms with Crippen molar-refractivity contribution in [3.8, 4) is 0 Å². The number of rotatable bonds is 4. The number of carbonyl (C=O) groups excluding carboxylic acids is 1. The van der Waals surface area contributed by atoms with E-state index in [1.54, 1.807) is 49.4 Å². The maximum Gasteiger partial charge on any atom is 0.339 e. The molecule has 0 radical (unpaired) electrons. The van der Waals surface area contributed by atoms with E-state index in [1.165, 1.54) is 7.11 Å². The van der Waals surface area contributed by atoms with Crippen molar-refractivity contribution >= 4 is 28.9 Å². The van der Waals surface area contributed by atoms with Crippen LogP contribution in [0.4, 0.5) is 11.4 Å². The zero-order valence-electron chi connectivity index (χ0n) is 11.8. The minimum atomic E-state index is -0.671. The van der Waals surface area contributed by atoms with Crippen molar-refractivity contribution in [1.82, 2.24) is 0 Å². The van der Waals surface area contributed by atoms with E-state index < -0.39 is 12.1 Å². The Hall–Kier alpha value is -2.04. The van der Waals surface area contributed by atoms with Gasteiger partial charge in [0.05, 0.1) is 35.2 Å². The summed E-state index contributed by atoms with van der Waals surface area (Å²) in [6.45, 7) is 1.65. The largest absolute Gasteiger partial charge is 0.465 e. The third-order valence-electron chi connectivity index (χ3n) is 3.08. The number of hydrogen-bond acceptors (Lipinski definition) is 4. The molecule has 110 valence electrons. The predicted octanol–water partition coefficient (Wildman–Crippen LogP) is 3.92. The normalized spacial score (nSPS) is 11.8. The molecule has 0 aromatic heterocycles. The van der Waals surface area contributed by atoms with Gasteiger partial charge >= 0.3 is 5.97 Å². The molecule has 0 aliphatic rings. The van der Waals surface area contributed by atoms with Crippen molar-refractivity contribution < 1.29 is 14.6 Å². The van der Waals surface area contributed by atoms with Crippen molar-refractivity contribution in [2.45, 2.75) is 13.0 Å². The molecule has 1 unspecified atom stereocenters. The lowest BCUT2D eigenvalue weighted by Gasteiger charge is -2.15. The molecule has 0 spiro atoms. The molecule has 2 aromatic rings. The van der Waals surface area contributed by atoms with Crippen LogP contribution >= 0.6 is 11.6 Å². The number of hydrogen-bond donors (Lipinski definition) is 2. The maximum atomic E-state index is 11.7. The van der Waals surface area contributed by atoms with E-state index in [9.17, 15) is 9.90 Å². The molecular formula is C16H16ClNO3. The van der Waals surface area contributed by atoms with Gasteiger partial charge < -0.3 is 15.2 Å². The van der Waals surface area contributed by atoms with Gasteiger partial charge in [0.15, 0.2) is 0 Å². The van der Waals surface area contributed by atoms with Gasteiger partial charge in [0.25, 0.3) is 0 Å². The highest BCUT2D eigenvalue weighted by atomic mass is 35.5. The highest BCUT2D eigenvalue weighted by Crippen LogP contribution is 2.33. The number of para-hydroxylation sites is 1. The summed E-state index contributed by atoms with van der Waals surface area (Å²) < 4.78 is 4.75. The number of halogens is 1. The molecule has 0 heterocycles. The van der Waals surface area contributed by atoms with E-state index in [1.807, 2.05) is 0 Å². The van der Waals surface area contributed by atoms with Gasteiger partial charge in [-0.15, -0.1) is 0 Å². The van der Waals surface area contributed by atoms with E-state index in [2.05, 4.69) is 5.32 Å². The molecule has 2 rings (SSSR count). The van der Waals surface area contributed by atoms with Crippen LogP contribution in [-0.4, -0.2) is 18.2 Å². The SMILES string of the molecule is COC(=O)c1ccccc1Nc1cccc(C(C)O)c1Cl. The Morgan fingerprint density at radius 2 is 1.86 bits per heavy atom. The highest BCUT2D eigenvalue weighted by Gasteiger charge is 2.14. The Morgan fingerprint density at radius 1 is 1.19 bits per heavy atom. The van der Waals surface area contributed by atoms with Crippen molar-refractivity contribution in [3.05, 3.63) is 58.6 Å². The molecule has 0 amide bonds. The molecule has 4 nitrogen and oxygen atoms in total. The fourth-order valence-electron chi connectivity index (χ4n) is 1.99. The lowest BCUT2D eigenvalue weighted by molar-refractivity contribution is 0.0602. The van der Waals surface area contributed by atoms with Crippen molar-refractivity contribution in [2.24, 2.45) is 0 Å². The second-order valence-corrected chi connectivity index (χ2v) is 4.92. The molecule has 0 saturated carbocycles. The van der Waals surface area contributed by atoms with Gasteiger partial charge in [-0.25, -0.2) is 4.79 Å². The van der Waals surface area contributed by atoms with E-state index in [4.69, 9.17) is 16.3 Å². The minimum absolute atomic E-state index is 0.415. The first kappa shape index (κ1) is 15.4. The quantitative estimate of drug-likeness (QED) is 0.840. The van der Waals surface area contributed by atoms with Crippen LogP contribution in [0, 0.1) is 0 Å². The predicted molar refractivity (Wildman–Crippen MR) is 83.2 cm³/mol. The Bertz CT molecular complexity index is 656. The van der Waals surface area contributed by atoms with E-state index in [0.717, 1.165) is 0 Å². The summed E-state index contributed by atoms with van der Waals surface area (Å²) in [5, 5.41) is 13.2. The van der Waals surface area contributed by atoms with E-state index >= 15 is 0 Å². The van der Waals surface area contributed by atoms with Crippen molar-refractivity contribution in [1.29, 1.82) is 0 Å². The highest BCUT2D eigenvalue weighted by molar-refractivity contribution is 6.34. The summed E-state index contributed by atoms with van der Waals surface area (Å²) in [6, 6.07) is 12.3. The lowest BCUT2D eigenvalue weighted by Crippen LogP contribution is -2.06. The minimum Gasteiger partial charge on any atom is -0.465 e. The van der Waals surface area contributed by atoms with E-state index in [0.29, 0.717) is 27.5 Å². The van der Waals surface area contributed by atoms with Gasteiger partial charge in [-0.3, -0.25) is 0 Å². The van der Waals surface area contributed by atoms with Gasteiger partial charge in [0.2, 0.25) is 0 Å². The molecule has 2 N–H and O–H groups in total.